The Labute approximate surface area is 145 Å². The summed E-state index contributed by atoms with van der Waals surface area (Å²) in [6.07, 6.45) is 3.10. The van der Waals surface area contributed by atoms with Crippen molar-refractivity contribution in [3.05, 3.63) is 29.3 Å². The summed E-state index contributed by atoms with van der Waals surface area (Å²) in [5.41, 5.74) is 2.65. The second-order valence-corrected chi connectivity index (χ2v) is 8.87. The highest BCUT2D eigenvalue weighted by Gasteiger charge is 2.33. The molecule has 1 aromatic rings. The summed E-state index contributed by atoms with van der Waals surface area (Å²) in [5.74, 6) is 0.501. The van der Waals surface area contributed by atoms with Crippen LogP contribution in [0.3, 0.4) is 0 Å². The van der Waals surface area contributed by atoms with E-state index in [1.807, 2.05) is 26.0 Å². The van der Waals surface area contributed by atoms with Crippen molar-refractivity contribution in [2.75, 3.05) is 23.7 Å². The lowest BCUT2D eigenvalue weighted by molar-refractivity contribution is -0.133. The number of aryl methyl sites for hydroxylation is 2. The SMILES string of the molecule is Cc1ccc(N(C(C)C(=O)N2CCC(C)CC2)S(C)(=O)=O)cc1C. The first kappa shape index (κ1) is 18.8. The molecule has 0 radical (unpaired) electrons. The van der Waals surface area contributed by atoms with Gasteiger partial charge in [-0.15, -0.1) is 0 Å². The van der Waals surface area contributed by atoms with Crippen LogP contribution in [0.4, 0.5) is 5.69 Å². The molecule has 1 unspecified atom stereocenters. The van der Waals surface area contributed by atoms with E-state index in [2.05, 4.69) is 6.92 Å². The molecule has 1 fully saturated rings. The van der Waals surface area contributed by atoms with E-state index in [0.717, 1.165) is 30.2 Å². The third kappa shape index (κ3) is 4.09. The Morgan fingerprint density at radius 1 is 1.21 bits per heavy atom. The summed E-state index contributed by atoms with van der Waals surface area (Å²) in [6.45, 7) is 9.19. The third-order valence-corrected chi connectivity index (χ3v) is 6.15. The van der Waals surface area contributed by atoms with Gasteiger partial charge in [0.1, 0.15) is 6.04 Å². The maximum absolute atomic E-state index is 12.8. The molecule has 1 saturated heterocycles. The molecule has 5 nitrogen and oxygen atoms in total. The Hall–Kier alpha value is -1.56. The fraction of sp³-hybridized carbons (Fsp3) is 0.611. The fourth-order valence-corrected chi connectivity index (χ4v) is 4.32. The summed E-state index contributed by atoms with van der Waals surface area (Å²) in [6, 6.07) is 4.75. The summed E-state index contributed by atoms with van der Waals surface area (Å²) in [4.78, 5) is 14.6. The van der Waals surface area contributed by atoms with E-state index >= 15 is 0 Å². The lowest BCUT2D eigenvalue weighted by Gasteiger charge is -2.36. The Morgan fingerprint density at radius 3 is 2.29 bits per heavy atom. The van der Waals surface area contributed by atoms with E-state index in [9.17, 15) is 13.2 Å². The van der Waals surface area contributed by atoms with Crippen molar-refractivity contribution in [1.82, 2.24) is 4.90 Å². The Balaban J connectivity index is 2.30. The highest BCUT2D eigenvalue weighted by atomic mass is 32.2. The first-order valence-corrected chi connectivity index (χ1v) is 10.3. The van der Waals surface area contributed by atoms with Gasteiger partial charge in [-0.25, -0.2) is 8.42 Å². The van der Waals surface area contributed by atoms with E-state index < -0.39 is 16.1 Å². The number of anilines is 1. The molecule has 1 aliphatic rings. The molecular formula is C18H28N2O3S. The Bertz CT molecular complexity index is 707. The van der Waals surface area contributed by atoms with Crippen LogP contribution in [0.25, 0.3) is 0 Å². The van der Waals surface area contributed by atoms with Gasteiger partial charge in [0.2, 0.25) is 15.9 Å². The van der Waals surface area contributed by atoms with E-state index in [-0.39, 0.29) is 5.91 Å². The fourth-order valence-electron chi connectivity index (χ4n) is 3.16. The number of carbonyl (C=O) groups is 1. The summed E-state index contributed by atoms with van der Waals surface area (Å²) in [5, 5.41) is 0. The van der Waals surface area contributed by atoms with Crippen molar-refractivity contribution in [2.24, 2.45) is 5.92 Å². The molecule has 0 aliphatic carbocycles. The number of amides is 1. The summed E-state index contributed by atoms with van der Waals surface area (Å²) in [7, 11) is -3.56. The average Bonchev–Trinajstić information content (AvgIpc) is 2.49. The van der Waals surface area contributed by atoms with Crippen LogP contribution in [0.2, 0.25) is 0 Å². The number of benzene rings is 1. The minimum absolute atomic E-state index is 0.120. The van der Waals surface area contributed by atoms with E-state index in [4.69, 9.17) is 0 Å². The van der Waals surface area contributed by atoms with Gasteiger partial charge in [0.25, 0.3) is 0 Å². The zero-order valence-corrected chi connectivity index (χ0v) is 16.1. The molecule has 1 amide bonds. The van der Waals surface area contributed by atoms with Gasteiger partial charge in [-0.1, -0.05) is 13.0 Å². The number of sulfonamides is 1. The predicted octanol–water partition coefficient (Wildman–Crippen LogP) is 2.72. The topological polar surface area (TPSA) is 57.7 Å². The molecule has 24 heavy (non-hydrogen) atoms. The van der Waals surface area contributed by atoms with Gasteiger partial charge in [-0.05, 0) is 62.8 Å². The normalized spacial score (nSPS) is 17.6. The van der Waals surface area contributed by atoms with E-state index in [0.29, 0.717) is 24.7 Å². The van der Waals surface area contributed by atoms with Crippen molar-refractivity contribution in [3.63, 3.8) is 0 Å². The largest absolute Gasteiger partial charge is 0.341 e. The van der Waals surface area contributed by atoms with Crippen molar-refractivity contribution in [1.29, 1.82) is 0 Å². The van der Waals surface area contributed by atoms with Crippen LogP contribution in [-0.4, -0.2) is 44.6 Å². The Morgan fingerprint density at radius 2 is 1.79 bits per heavy atom. The lowest BCUT2D eigenvalue weighted by Crippen LogP contribution is -2.51. The second kappa shape index (κ2) is 7.13. The first-order chi connectivity index (χ1) is 11.1. The average molecular weight is 353 g/mol. The third-order valence-electron chi connectivity index (χ3n) is 4.91. The Kier molecular flexibility index (Phi) is 5.58. The number of nitrogens with zero attached hydrogens (tertiary/aromatic N) is 2. The van der Waals surface area contributed by atoms with Crippen LogP contribution in [0.5, 0.6) is 0 Å². The van der Waals surface area contributed by atoms with Crippen LogP contribution in [0.1, 0.15) is 37.8 Å². The quantitative estimate of drug-likeness (QED) is 0.837. The smallest absolute Gasteiger partial charge is 0.246 e. The molecule has 0 bridgehead atoms. The van der Waals surface area contributed by atoms with Gasteiger partial charge in [-0.3, -0.25) is 9.10 Å². The summed E-state index contributed by atoms with van der Waals surface area (Å²) >= 11 is 0. The molecule has 1 atom stereocenters. The first-order valence-electron chi connectivity index (χ1n) is 8.46. The second-order valence-electron chi connectivity index (χ2n) is 7.01. The number of likely N-dealkylation sites (tertiary alicyclic amines) is 1. The number of rotatable bonds is 4. The van der Waals surface area contributed by atoms with Gasteiger partial charge in [0.15, 0.2) is 0 Å². The van der Waals surface area contributed by atoms with Crippen molar-refractivity contribution in [2.45, 2.75) is 46.6 Å². The van der Waals surface area contributed by atoms with Crippen molar-refractivity contribution >= 4 is 21.6 Å². The monoisotopic (exact) mass is 352 g/mol. The molecular weight excluding hydrogens is 324 g/mol. The molecule has 1 heterocycles. The zero-order valence-electron chi connectivity index (χ0n) is 15.2. The maximum Gasteiger partial charge on any atom is 0.246 e. The number of carbonyl (C=O) groups excluding carboxylic acids is 1. The van der Waals surface area contributed by atoms with Gasteiger partial charge in [0.05, 0.1) is 11.9 Å². The minimum atomic E-state index is -3.56. The van der Waals surface area contributed by atoms with E-state index in [1.165, 1.54) is 4.31 Å². The predicted molar refractivity (Wildman–Crippen MR) is 97.7 cm³/mol. The van der Waals surface area contributed by atoms with Gasteiger partial charge >= 0.3 is 0 Å². The molecule has 2 rings (SSSR count). The van der Waals surface area contributed by atoms with Crippen LogP contribution < -0.4 is 4.31 Å². The van der Waals surface area contributed by atoms with Crippen molar-refractivity contribution in [3.8, 4) is 0 Å². The highest BCUT2D eigenvalue weighted by Crippen LogP contribution is 2.25. The van der Waals surface area contributed by atoms with Gasteiger partial charge in [0, 0.05) is 13.1 Å². The number of hydrogen-bond acceptors (Lipinski definition) is 3. The molecule has 0 N–H and O–H groups in total. The maximum atomic E-state index is 12.8. The van der Waals surface area contributed by atoms with E-state index in [1.54, 1.807) is 17.9 Å². The summed E-state index contributed by atoms with van der Waals surface area (Å²) < 4.78 is 26.0. The van der Waals surface area contributed by atoms with Crippen LogP contribution in [0, 0.1) is 19.8 Å². The zero-order chi connectivity index (χ0) is 18.1. The van der Waals surface area contributed by atoms with Crippen LogP contribution >= 0.6 is 0 Å². The van der Waals surface area contributed by atoms with Gasteiger partial charge < -0.3 is 4.90 Å². The number of hydrogen-bond donors (Lipinski definition) is 0. The number of piperidine rings is 1. The lowest BCUT2D eigenvalue weighted by atomic mass is 9.99. The highest BCUT2D eigenvalue weighted by molar-refractivity contribution is 7.92. The molecule has 134 valence electrons. The van der Waals surface area contributed by atoms with Gasteiger partial charge in [-0.2, -0.15) is 0 Å². The van der Waals surface area contributed by atoms with Crippen molar-refractivity contribution < 1.29 is 13.2 Å². The van der Waals surface area contributed by atoms with Crippen LogP contribution in [0.15, 0.2) is 18.2 Å². The standard InChI is InChI=1S/C18H28N2O3S/c1-13-8-10-19(11-9-13)18(21)16(4)20(24(5,22)23)17-7-6-14(2)15(3)12-17/h6-7,12-13,16H,8-11H2,1-5H3. The molecule has 0 saturated carbocycles. The molecule has 1 aliphatic heterocycles. The minimum Gasteiger partial charge on any atom is -0.341 e. The van der Waals surface area contributed by atoms with Crippen LogP contribution in [-0.2, 0) is 14.8 Å². The molecule has 1 aromatic carbocycles. The molecule has 0 spiro atoms. The molecule has 0 aromatic heterocycles. The molecule has 6 heteroatoms.